The van der Waals surface area contributed by atoms with E-state index in [4.69, 9.17) is 5.73 Å². The van der Waals surface area contributed by atoms with Crippen LogP contribution in [0.2, 0.25) is 0 Å². The van der Waals surface area contributed by atoms with E-state index in [1.165, 1.54) is 17.1 Å². The minimum atomic E-state index is -0.422. The number of rotatable bonds is 6. The second-order valence-corrected chi connectivity index (χ2v) is 6.65. The molecule has 1 fully saturated rings. The standard InChI is InChI=1S/C16H25N3OS.2ClH/c1-2-5-14(17)16(20)18-15-7-4-3-6-13(15)12-19-8-10-21-11-9-19;;/h3-4,6-7,14H,2,5,8-12,17H2,1H3,(H,18,20);2*1H. The summed E-state index contributed by atoms with van der Waals surface area (Å²) in [6.07, 6.45) is 1.64. The topological polar surface area (TPSA) is 58.4 Å². The Balaban J connectivity index is 0.00000242. The molecule has 132 valence electrons. The van der Waals surface area contributed by atoms with Crippen LogP contribution in [0.3, 0.4) is 0 Å². The summed E-state index contributed by atoms with van der Waals surface area (Å²) >= 11 is 2.01. The average Bonchev–Trinajstić information content (AvgIpc) is 2.50. The van der Waals surface area contributed by atoms with E-state index in [2.05, 4.69) is 16.3 Å². The molecule has 1 aliphatic rings. The second-order valence-electron chi connectivity index (χ2n) is 5.43. The number of hydrogen-bond acceptors (Lipinski definition) is 4. The molecule has 0 spiro atoms. The predicted molar refractivity (Wildman–Crippen MR) is 105 cm³/mol. The van der Waals surface area contributed by atoms with Gasteiger partial charge in [0.05, 0.1) is 6.04 Å². The zero-order chi connectivity index (χ0) is 15.1. The van der Waals surface area contributed by atoms with Gasteiger partial charge in [0.2, 0.25) is 5.91 Å². The van der Waals surface area contributed by atoms with Gasteiger partial charge in [0.25, 0.3) is 0 Å². The van der Waals surface area contributed by atoms with Gasteiger partial charge in [0.1, 0.15) is 0 Å². The Hall–Kier alpha value is -0.460. The van der Waals surface area contributed by atoms with Crippen LogP contribution in [-0.4, -0.2) is 41.4 Å². The summed E-state index contributed by atoms with van der Waals surface area (Å²) in [6, 6.07) is 7.61. The van der Waals surface area contributed by atoms with Crippen molar-refractivity contribution in [2.24, 2.45) is 5.73 Å². The minimum Gasteiger partial charge on any atom is -0.324 e. The number of halogens is 2. The summed E-state index contributed by atoms with van der Waals surface area (Å²) in [5.41, 5.74) is 7.95. The Morgan fingerprint density at radius 3 is 2.61 bits per heavy atom. The number of thioether (sulfide) groups is 1. The first kappa shape index (κ1) is 22.5. The molecule has 1 amide bonds. The third kappa shape index (κ3) is 7.31. The van der Waals surface area contributed by atoms with E-state index in [9.17, 15) is 4.79 Å². The highest BCUT2D eigenvalue weighted by molar-refractivity contribution is 7.99. The van der Waals surface area contributed by atoms with Crippen LogP contribution in [0.25, 0.3) is 0 Å². The molecule has 1 aromatic carbocycles. The smallest absolute Gasteiger partial charge is 0.241 e. The summed E-state index contributed by atoms with van der Waals surface area (Å²) in [6.45, 7) is 5.15. The molecule has 1 atom stereocenters. The molecule has 0 bridgehead atoms. The Morgan fingerprint density at radius 1 is 1.30 bits per heavy atom. The zero-order valence-electron chi connectivity index (χ0n) is 13.5. The average molecular weight is 380 g/mol. The van der Waals surface area contributed by atoms with Crippen molar-refractivity contribution in [2.45, 2.75) is 32.4 Å². The lowest BCUT2D eigenvalue weighted by atomic mass is 10.1. The van der Waals surface area contributed by atoms with E-state index in [1.807, 2.05) is 36.9 Å². The number of para-hydroxylation sites is 1. The highest BCUT2D eigenvalue weighted by atomic mass is 35.5. The van der Waals surface area contributed by atoms with Crippen LogP contribution >= 0.6 is 36.6 Å². The number of amides is 1. The van der Waals surface area contributed by atoms with Gasteiger partial charge in [0, 0.05) is 36.8 Å². The molecule has 1 aliphatic heterocycles. The van der Waals surface area contributed by atoms with Gasteiger partial charge in [-0.3, -0.25) is 9.69 Å². The van der Waals surface area contributed by atoms with Gasteiger partial charge in [-0.25, -0.2) is 0 Å². The second kappa shape index (κ2) is 12.0. The SMILES string of the molecule is CCCC(N)C(=O)Nc1ccccc1CN1CCSCC1.Cl.Cl. The van der Waals surface area contributed by atoms with Crippen LogP contribution in [0.4, 0.5) is 5.69 Å². The highest BCUT2D eigenvalue weighted by Crippen LogP contribution is 2.20. The zero-order valence-corrected chi connectivity index (χ0v) is 15.9. The molecular weight excluding hydrogens is 353 g/mol. The molecule has 0 saturated carbocycles. The van der Waals surface area contributed by atoms with Gasteiger partial charge in [0.15, 0.2) is 0 Å². The first-order valence-corrected chi connectivity index (χ1v) is 8.80. The fourth-order valence-electron chi connectivity index (χ4n) is 2.45. The van der Waals surface area contributed by atoms with E-state index < -0.39 is 6.04 Å². The lowest BCUT2D eigenvalue weighted by Crippen LogP contribution is -2.36. The Bertz CT molecular complexity index is 470. The van der Waals surface area contributed by atoms with E-state index >= 15 is 0 Å². The Labute approximate surface area is 155 Å². The number of benzene rings is 1. The van der Waals surface area contributed by atoms with Crippen molar-refractivity contribution < 1.29 is 4.79 Å². The highest BCUT2D eigenvalue weighted by Gasteiger charge is 2.16. The quantitative estimate of drug-likeness (QED) is 0.796. The van der Waals surface area contributed by atoms with Gasteiger partial charge >= 0.3 is 0 Å². The maximum absolute atomic E-state index is 12.1. The van der Waals surface area contributed by atoms with Gasteiger partial charge in [-0.1, -0.05) is 31.5 Å². The normalized spacial score (nSPS) is 15.9. The van der Waals surface area contributed by atoms with Crippen LogP contribution in [0, 0.1) is 0 Å². The van der Waals surface area contributed by atoms with E-state index in [0.717, 1.165) is 38.2 Å². The minimum absolute atomic E-state index is 0. The largest absolute Gasteiger partial charge is 0.324 e. The number of carbonyl (C=O) groups is 1. The first-order chi connectivity index (χ1) is 10.2. The van der Waals surface area contributed by atoms with E-state index in [0.29, 0.717) is 0 Å². The fraction of sp³-hybridized carbons (Fsp3) is 0.562. The molecule has 1 unspecified atom stereocenters. The van der Waals surface area contributed by atoms with Crippen molar-refractivity contribution >= 4 is 48.2 Å². The molecule has 1 heterocycles. The molecule has 3 N–H and O–H groups in total. The molecule has 4 nitrogen and oxygen atoms in total. The number of hydrogen-bond donors (Lipinski definition) is 2. The van der Waals surface area contributed by atoms with Gasteiger partial charge < -0.3 is 11.1 Å². The van der Waals surface area contributed by atoms with Crippen LogP contribution in [-0.2, 0) is 11.3 Å². The monoisotopic (exact) mass is 379 g/mol. The molecule has 7 heteroatoms. The summed E-state index contributed by atoms with van der Waals surface area (Å²) < 4.78 is 0. The van der Waals surface area contributed by atoms with Crippen molar-refractivity contribution in [1.82, 2.24) is 4.90 Å². The van der Waals surface area contributed by atoms with Crippen molar-refractivity contribution in [2.75, 3.05) is 29.9 Å². The molecule has 2 rings (SSSR count). The van der Waals surface area contributed by atoms with Crippen LogP contribution < -0.4 is 11.1 Å². The van der Waals surface area contributed by atoms with Crippen LogP contribution in [0.5, 0.6) is 0 Å². The third-order valence-electron chi connectivity index (χ3n) is 3.71. The van der Waals surface area contributed by atoms with Gasteiger partial charge in [-0.15, -0.1) is 24.8 Å². The molecule has 0 radical (unpaired) electrons. The number of anilines is 1. The van der Waals surface area contributed by atoms with Crippen LogP contribution in [0.15, 0.2) is 24.3 Å². The van der Waals surface area contributed by atoms with Gasteiger partial charge in [-0.2, -0.15) is 11.8 Å². The van der Waals surface area contributed by atoms with E-state index in [1.54, 1.807) is 0 Å². The summed E-state index contributed by atoms with van der Waals surface area (Å²) in [5.74, 6) is 2.30. The van der Waals surface area contributed by atoms with Crippen molar-refractivity contribution in [3.8, 4) is 0 Å². The number of nitrogens with two attached hydrogens (primary N) is 1. The van der Waals surface area contributed by atoms with Gasteiger partial charge in [-0.05, 0) is 18.1 Å². The third-order valence-corrected chi connectivity index (χ3v) is 4.65. The summed E-state index contributed by atoms with van der Waals surface area (Å²) in [5, 5.41) is 2.99. The summed E-state index contributed by atoms with van der Waals surface area (Å²) in [4.78, 5) is 14.5. The van der Waals surface area contributed by atoms with Crippen LogP contribution in [0.1, 0.15) is 25.3 Å². The fourth-order valence-corrected chi connectivity index (χ4v) is 3.43. The molecule has 0 aliphatic carbocycles. The maximum Gasteiger partial charge on any atom is 0.241 e. The number of carbonyl (C=O) groups excluding carboxylic acids is 1. The summed E-state index contributed by atoms with van der Waals surface area (Å²) in [7, 11) is 0. The van der Waals surface area contributed by atoms with Crippen molar-refractivity contribution in [1.29, 1.82) is 0 Å². The Kier molecular flexibility index (Phi) is 11.7. The van der Waals surface area contributed by atoms with Crippen molar-refractivity contribution in [3.05, 3.63) is 29.8 Å². The molecule has 0 aromatic heterocycles. The first-order valence-electron chi connectivity index (χ1n) is 7.65. The molecule has 1 saturated heterocycles. The molecule has 1 aromatic rings. The molecular formula is C16H27Cl2N3OS. The van der Waals surface area contributed by atoms with E-state index in [-0.39, 0.29) is 30.7 Å². The molecule has 23 heavy (non-hydrogen) atoms. The lowest BCUT2D eigenvalue weighted by Gasteiger charge is -2.27. The number of nitrogens with zero attached hydrogens (tertiary/aromatic N) is 1. The number of nitrogens with one attached hydrogen (secondary N) is 1. The van der Waals surface area contributed by atoms with Crippen molar-refractivity contribution in [3.63, 3.8) is 0 Å². The lowest BCUT2D eigenvalue weighted by molar-refractivity contribution is -0.117. The maximum atomic E-state index is 12.1. The predicted octanol–water partition coefficient (Wildman–Crippen LogP) is 3.14. The Morgan fingerprint density at radius 2 is 1.96 bits per heavy atom.